The number of halogens is 1. The van der Waals surface area contributed by atoms with Gasteiger partial charge in [-0.3, -0.25) is 0 Å². The molecule has 0 amide bonds. The third-order valence-electron chi connectivity index (χ3n) is 3.59. The van der Waals surface area contributed by atoms with E-state index in [1.54, 1.807) is 0 Å². The Bertz CT molecular complexity index is 408. The van der Waals surface area contributed by atoms with Crippen LogP contribution in [-0.2, 0) is 0 Å². The highest BCUT2D eigenvalue weighted by molar-refractivity contribution is 6.30. The van der Waals surface area contributed by atoms with Gasteiger partial charge >= 0.3 is 0 Å². The van der Waals surface area contributed by atoms with E-state index in [0.29, 0.717) is 17.1 Å². The van der Waals surface area contributed by atoms with Crippen LogP contribution >= 0.6 is 11.6 Å². The Morgan fingerprint density at radius 2 is 2.28 bits per heavy atom. The third kappa shape index (κ3) is 2.93. The lowest BCUT2D eigenvalue weighted by Gasteiger charge is -2.21. The molecule has 1 aliphatic heterocycles. The van der Waals surface area contributed by atoms with Crippen LogP contribution in [0.15, 0.2) is 6.33 Å². The Morgan fingerprint density at radius 3 is 2.89 bits per heavy atom. The standard InChI is InChI=1S/C13H21ClN4/c1-9(2)11-12(14)16-8-17-13(11)15-7-10-5-4-6-18(10)3/h8-10H,4-7H2,1-3H3,(H,15,16,17). The highest BCUT2D eigenvalue weighted by Gasteiger charge is 2.21. The summed E-state index contributed by atoms with van der Waals surface area (Å²) < 4.78 is 0. The first-order valence-electron chi connectivity index (χ1n) is 6.54. The highest BCUT2D eigenvalue weighted by Crippen LogP contribution is 2.28. The molecule has 1 saturated heterocycles. The number of likely N-dealkylation sites (tertiary alicyclic amines) is 1. The molecule has 1 unspecified atom stereocenters. The minimum atomic E-state index is 0.322. The van der Waals surface area contributed by atoms with Gasteiger partial charge in [-0.05, 0) is 32.4 Å². The lowest BCUT2D eigenvalue weighted by atomic mass is 10.1. The zero-order valence-electron chi connectivity index (χ0n) is 11.3. The van der Waals surface area contributed by atoms with Crippen LogP contribution in [0.3, 0.4) is 0 Å². The second-order valence-corrected chi connectivity index (χ2v) is 5.60. The third-order valence-corrected chi connectivity index (χ3v) is 3.89. The zero-order valence-corrected chi connectivity index (χ0v) is 12.0. The van der Waals surface area contributed by atoms with Gasteiger partial charge in [0.05, 0.1) is 0 Å². The van der Waals surface area contributed by atoms with Crippen LogP contribution in [0.2, 0.25) is 5.15 Å². The summed E-state index contributed by atoms with van der Waals surface area (Å²) >= 11 is 6.15. The van der Waals surface area contributed by atoms with Gasteiger partial charge < -0.3 is 10.2 Å². The number of rotatable bonds is 4. The smallest absolute Gasteiger partial charge is 0.138 e. The molecule has 0 aliphatic carbocycles. The van der Waals surface area contributed by atoms with Crippen molar-refractivity contribution in [3.05, 3.63) is 17.0 Å². The number of likely N-dealkylation sites (N-methyl/N-ethyl adjacent to an activating group) is 1. The molecule has 1 aromatic heterocycles. The number of hydrogen-bond donors (Lipinski definition) is 1. The summed E-state index contributed by atoms with van der Waals surface area (Å²) in [6, 6.07) is 0.596. The second kappa shape index (κ2) is 5.85. The number of nitrogens with zero attached hydrogens (tertiary/aromatic N) is 3. The maximum atomic E-state index is 6.15. The summed E-state index contributed by atoms with van der Waals surface area (Å²) in [5.41, 5.74) is 1.01. The maximum Gasteiger partial charge on any atom is 0.138 e. The Morgan fingerprint density at radius 1 is 1.50 bits per heavy atom. The molecule has 0 saturated carbocycles. The Hall–Kier alpha value is -0.870. The molecule has 1 atom stereocenters. The summed E-state index contributed by atoms with van der Waals surface area (Å²) in [5.74, 6) is 1.20. The van der Waals surface area contributed by atoms with Crippen molar-refractivity contribution in [2.75, 3.05) is 25.5 Å². The van der Waals surface area contributed by atoms with Gasteiger partial charge in [0.15, 0.2) is 0 Å². The van der Waals surface area contributed by atoms with E-state index in [4.69, 9.17) is 11.6 Å². The number of hydrogen-bond acceptors (Lipinski definition) is 4. The van der Waals surface area contributed by atoms with Crippen molar-refractivity contribution in [1.82, 2.24) is 14.9 Å². The van der Waals surface area contributed by atoms with Crippen LogP contribution < -0.4 is 5.32 Å². The predicted octanol–water partition coefficient (Wildman–Crippen LogP) is 2.76. The average molecular weight is 269 g/mol. The zero-order chi connectivity index (χ0) is 13.1. The SMILES string of the molecule is CC(C)c1c(Cl)ncnc1NCC1CCCN1C. The largest absolute Gasteiger partial charge is 0.368 e. The molecular weight excluding hydrogens is 248 g/mol. The molecule has 0 bridgehead atoms. The van der Waals surface area contributed by atoms with Gasteiger partial charge in [-0.2, -0.15) is 0 Å². The molecule has 0 spiro atoms. The molecule has 0 radical (unpaired) electrons. The number of aromatic nitrogens is 2. The Balaban J connectivity index is 2.07. The predicted molar refractivity (Wildman–Crippen MR) is 75.3 cm³/mol. The lowest BCUT2D eigenvalue weighted by Crippen LogP contribution is -2.32. The van der Waals surface area contributed by atoms with E-state index in [1.807, 2.05) is 0 Å². The Labute approximate surface area is 114 Å². The van der Waals surface area contributed by atoms with Crippen LogP contribution in [-0.4, -0.2) is 41.0 Å². The van der Waals surface area contributed by atoms with Gasteiger partial charge in [0.1, 0.15) is 17.3 Å². The average Bonchev–Trinajstić information content (AvgIpc) is 2.71. The van der Waals surface area contributed by atoms with Gasteiger partial charge in [-0.15, -0.1) is 0 Å². The molecule has 0 aromatic carbocycles. The molecular formula is C13H21ClN4. The quantitative estimate of drug-likeness (QED) is 0.853. The fraction of sp³-hybridized carbons (Fsp3) is 0.692. The van der Waals surface area contributed by atoms with E-state index in [-0.39, 0.29) is 0 Å². The van der Waals surface area contributed by atoms with Gasteiger partial charge in [-0.25, -0.2) is 9.97 Å². The van der Waals surface area contributed by atoms with Gasteiger partial charge in [0, 0.05) is 18.2 Å². The van der Waals surface area contributed by atoms with Gasteiger partial charge in [-0.1, -0.05) is 25.4 Å². The van der Waals surface area contributed by atoms with Crippen LogP contribution in [0.4, 0.5) is 5.82 Å². The lowest BCUT2D eigenvalue weighted by molar-refractivity contribution is 0.322. The number of anilines is 1. The normalized spacial score (nSPS) is 20.6. The molecule has 18 heavy (non-hydrogen) atoms. The van der Waals surface area contributed by atoms with Crippen LogP contribution in [0, 0.1) is 0 Å². The topological polar surface area (TPSA) is 41.1 Å². The minimum Gasteiger partial charge on any atom is -0.368 e. The van der Waals surface area contributed by atoms with Crippen molar-refractivity contribution in [1.29, 1.82) is 0 Å². The maximum absolute atomic E-state index is 6.15. The van der Waals surface area contributed by atoms with Crippen molar-refractivity contribution >= 4 is 17.4 Å². The van der Waals surface area contributed by atoms with Crippen LogP contribution in [0.1, 0.15) is 38.2 Å². The minimum absolute atomic E-state index is 0.322. The van der Waals surface area contributed by atoms with E-state index < -0.39 is 0 Å². The molecule has 1 aliphatic rings. The summed E-state index contributed by atoms with van der Waals surface area (Å²) in [6.07, 6.45) is 4.05. The molecule has 2 heterocycles. The summed E-state index contributed by atoms with van der Waals surface area (Å²) in [6.45, 7) is 6.33. The van der Waals surface area contributed by atoms with Crippen molar-refractivity contribution in [3.8, 4) is 0 Å². The van der Waals surface area contributed by atoms with Crippen LogP contribution in [0.5, 0.6) is 0 Å². The first-order valence-corrected chi connectivity index (χ1v) is 6.92. The monoisotopic (exact) mass is 268 g/mol. The van der Waals surface area contributed by atoms with E-state index >= 15 is 0 Å². The fourth-order valence-corrected chi connectivity index (χ4v) is 2.83. The summed E-state index contributed by atoms with van der Waals surface area (Å²) in [4.78, 5) is 10.8. The van der Waals surface area contributed by atoms with Crippen molar-refractivity contribution in [3.63, 3.8) is 0 Å². The van der Waals surface area contributed by atoms with Crippen molar-refractivity contribution in [2.24, 2.45) is 0 Å². The van der Waals surface area contributed by atoms with Crippen LogP contribution in [0.25, 0.3) is 0 Å². The highest BCUT2D eigenvalue weighted by atomic mass is 35.5. The fourth-order valence-electron chi connectivity index (χ4n) is 2.48. The molecule has 4 nitrogen and oxygen atoms in total. The van der Waals surface area contributed by atoms with Gasteiger partial charge in [0.25, 0.3) is 0 Å². The molecule has 5 heteroatoms. The molecule has 1 N–H and O–H groups in total. The first kappa shape index (κ1) is 13.6. The van der Waals surface area contributed by atoms with E-state index in [9.17, 15) is 0 Å². The summed E-state index contributed by atoms with van der Waals surface area (Å²) in [5, 5.41) is 3.99. The van der Waals surface area contributed by atoms with Crippen molar-refractivity contribution in [2.45, 2.75) is 38.6 Å². The summed E-state index contributed by atoms with van der Waals surface area (Å²) in [7, 11) is 2.18. The Kier molecular flexibility index (Phi) is 4.40. The first-order chi connectivity index (χ1) is 8.59. The number of nitrogens with one attached hydrogen (secondary N) is 1. The molecule has 2 rings (SSSR count). The molecule has 1 aromatic rings. The van der Waals surface area contributed by atoms with E-state index in [0.717, 1.165) is 17.9 Å². The van der Waals surface area contributed by atoms with Gasteiger partial charge in [0.2, 0.25) is 0 Å². The second-order valence-electron chi connectivity index (χ2n) is 5.24. The van der Waals surface area contributed by atoms with E-state index in [2.05, 4.69) is 41.1 Å². The molecule has 1 fully saturated rings. The van der Waals surface area contributed by atoms with E-state index in [1.165, 1.54) is 25.7 Å². The molecule has 100 valence electrons. The van der Waals surface area contributed by atoms with Crippen molar-refractivity contribution < 1.29 is 0 Å².